The van der Waals surface area contributed by atoms with E-state index in [-0.39, 0.29) is 18.5 Å². The van der Waals surface area contributed by atoms with E-state index in [2.05, 4.69) is 20.6 Å². The molecule has 4 N–H and O–H groups in total. The number of urea groups is 1. The van der Waals surface area contributed by atoms with Gasteiger partial charge in [0.25, 0.3) is 5.91 Å². The number of hydrogen-bond acceptors (Lipinski definition) is 6. The molecule has 0 radical (unpaired) electrons. The first-order chi connectivity index (χ1) is 18.0. The van der Waals surface area contributed by atoms with Gasteiger partial charge in [-0.1, -0.05) is 30.3 Å². The molecule has 5 rings (SSSR count). The van der Waals surface area contributed by atoms with Crippen molar-refractivity contribution < 1.29 is 9.59 Å². The molecule has 0 saturated carbocycles. The summed E-state index contributed by atoms with van der Waals surface area (Å²) in [6.45, 7) is 2.21. The van der Waals surface area contributed by atoms with Crippen molar-refractivity contribution in [3.8, 4) is 11.1 Å². The van der Waals surface area contributed by atoms with Gasteiger partial charge >= 0.3 is 6.03 Å². The zero-order chi connectivity index (χ0) is 25.8. The van der Waals surface area contributed by atoms with E-state index in [0.29, 0.717) is 11.3 Å². The van der Waals surface area contributed by atoms with Crippen LogP contribution in [0.25, 0.3) is 21.2 Å². The van der Waals surface area contributed by atoms with Crippen LogP contribution in [0, 0.1) is 6.92 Å². The van der Waals surface area contributed by atoms with Crippen LogP contribution in [0.2, 0.25) is 0 Å². The van der Waals surface area contributed by atoms with Gasteiger partial charge in [-0.25, -0.2) is 10.6 Å². The molecule has 8 nitrogen and oxygen atoms in total. The molecule has 0 atom stereocenters. The zero-order valence-corrected chi connectivity index (χ0v) is 20.8. The molecule has 0 saturated heterocycles. The molecule has 0 fully saturated rings. The van der Waals surface area contributed by atoms with Crippen LogP contribution < -0.4 is 16.5 Å². The average Bonchev–Trinajstić information content (AvgIpc) is 3.34. The number of hydrogen-bond donors (Lipinski definition) is 3. The van der Waals surface area contributed by atoms with Crippen LogP contribution in [-0.4, -0.2) is 26.9 Å². The molecular weight excluding hydrogens is 484 g/mol. The Kier molecular flexibility index (Phi) is 6.89. The van der Waals surface area contributed by atoms with Gasteiger partial charge < -0.3 is 10.6 Å². The van der Waals surface area contributed by atoms with Gasteiger partial charge in [0.05, 0.1) is 16.8 Å². The van der Waals surface area contributed by atoms with Crippen molar-refractivity contribution in [3.05, 3.63) is 108 Å². The van der Waals surface area contributed by atoms with Gasteiger partial charge in [0.1, 0.15) is 0 Å². The van der Waals surface area contributed by atoms with Crippen LogP contribution in [-0.2, 0) is 6.54 Å². The van der Waals surface area contributed by atoms with Crippen LogP contribution >= 0.6 is 11.3 Å². The summed E-state index contributed by atoms with van der Waals surface area (Å²) in [5.41, 5.74) is 5.65. The van der Waals surface area contributed by atoms with Crippen molar-refractivity contribution in [1.82, 2.24) is 15.0 Å². The van der Waals surface area contributed by atoms with E-state index in [1.54, 1.807) is 30.9 Å². The number of carbonyl (C=O) groups is 2. The number of aromatic nitrogens is 2. The van der Waals surface area contributed by atoms with Gasteiger partial charge in [0.15, 0.2) is 0 Å². The third-order valence-electron chi connectivity index (χ3n) is 5.78. The molecule has 2 aromatic carbocycles. The summed E-state index contributed by atoms with van der Waals surface area (Å²) < 4.78 is 0.816. The van der Waals surface area contributed by atoms with Crippen LogP contribution in [0.5, 0.6) is 0 Å². The second-order valence-corrected chi connectivity index (χ2v) is 9.41. The molecule has 9 heteroatoms. The average molecular weight is 509 g/mol. The lowest BCUT2D eigenvalue weighted by Gasteiger charge is -2.16. The predicted octanol–water partition coefficient (Wildman–Crippen LogP) is 5.83. The molecule has 0 bridgehead atoms. The lowest BCUT2D eigenvalue weighted by Crippen LogP contribution is -2.36. The van der Waals surface area contributed by atoms with Crippen LogP contribution in [0.15, 0.2) is 90.8 Å². The maximum Gasteiger partial charge on any atom is 0.323 e. The number of benzene rings is 2. The second kappa shape index (κ2) is 10.6. The summed E-state index contributed by atoms with van der Waals surface area (Å²) >= 11 is 1.47. The first-order valence-corrected chi connectivity index (χ1v) is 12.4. The van der Waals surface area contributed by atoms with E-state index in [4.69, 9.17) is 5.84 Å². The maximum absolute atomic E-state index is 13.1. The SMILES string of the molecule is Cc1cccc(NC(=O)Nc2ccc(-c3csc4c(C(=O)N(N)Cc5cccnc5)cncc34)cc2)c1. The molecule has 0 aliphatic heterocycles. The number of aryl methyl sites for hydroxylation is 1. The number of amides is 3. The monoisotopic (exact) mass is 508 g/mol. The van der Waals surface area contributed by atoms with Crippen molar-refractivity contribution in [2.75, 3.05) is 10.6 Å². The molecule has 3 heterocycles. The fourth-order valence-corrected chi connectivity index (χ4v) is 5.04. The fraction of sp³-hybridized carbons (Fsp3) is 0.0714. The molecule has 0 aliphatic carbocycles. The minimum absolute atomic E-state index is 0.243. The Hall–Kier alpha value is -4.60. The smallest absolute Gasteiger partial charge is 0.308 e. The Labute approximate surface area is 217 Å². The molecule has 3 amide bonds. The molecule has 0 spiro atoms. The molecule has 37 heavy (non-hydrogen) atoms. The summed E-state index contributed by atoms with van der Waals surface area (Å²) in [6, 6.07) is 18.5. The Balaban J connectivity index is 1.32. The maximum atomic E-state index is 13.1. The van der Waals surface area contributed by atoms with Crippen molar-refractivity contribution in [3.63, 3.8) is 0 Å². The van der Waals surface area contributed by atoms with Gasteiger partial charge in [-0.3, -0.25) is 19.8 Å². The summed E-state index contributed by atoms with van der Waals surface area (Å²) in [5, 5.41) is 9.72. The lowest BCUT2D eigenvalue weighted by molar-refractivity contribution is 0.0745. The number of rotatable bonds is 6. The van der Waals surface area contributed by atoms with Gasteiger partial charge in [-0.15, -0.1) is 11.3 Å². The van der Waals surface area contributed by atoms with Gasteiger partial charge in [0.2, 0.25) is 0 Å². The van der Waals surface area contributed by atoms with E-state index >= 15 is 0 Å². The third kappa shape index (κ3) is 5.48. The number of nitrogens with one attached hydrogen (secondary N) is 2. The standard InChI is InChI=1S/C28H24N6O2S/c1-18-4-2-6-22(12-18)33-28(36)32-21-9-7-20(8-10-21)25-17-37-26-23(25)14-31-15-24(26)27(35)34(29)16-19-5-3-11-30-13-19/h2-15,17H,16,29H2,1H3,(H2,32,33,36). The minimum Gasteiger partial charge on any atom is -0.308 e. The summed E-state index contributed by atoms with van der Waals surface area (Å²) in [4.78, 5) is 33.9. The van der Waals surface area contributed by atoms with Crippen LogP contribution in [0.1, 0.15) is 21.5 Å². The molecule has 0 aliphatic rings. The highest BCUT2D eigenvalue weighted by Gasteiger charge is 2.19. The van der Waals surface area contributed by atoms with Crippen molar-refractivity contribution >= 4 is 44.7 Å². The fourth-order valence-electron chi connectivity index (χ4n) is 3.99. The van der Waals surface area contributed by atoms with Crippen LogP contribution in [0.4, 0.5) is 16.2 Å². The quantitative estimate of drug-likeness (QED) is 0.152. The summed E-state index contributed by atoms with van der Waals surface area (Å²) in [7, 11) is 0. The lowest BCUT2D eigenvalue weighted by atomic mass is 10.0. The number of fused-ring (bicyclic) bond motifs is 1. The summed E-state index contributed by atoms with van der Waals surface area (Å²) in [5.74, 6) is 5.79. The van der Waals surface area contributed by atoms with Crippen molar-refractivity contribution in [2.24, 2.45) is 5.84 Å². The second-order valence-electron chi connectivity index (χ2n) is 8.53. The molecule has 5 aromatic rings. The number of anilines is 2. The van der Waals surface area contributed by atoms with E-state index in [1.165, 1.54) is 16.3 Å². The number of carbonyl (C=O) groups excluding carboxylic acids is 2. The molecular formula is C28H24N6O2S. The first kappa shape index (κ1) is 24.1. The molecule has 0 unspecified atom stereocenters. The van der Waals surface area contributed by atoms with E-state index in [0.717, 1.165) is 38.0 Å². The highest BCUT2D eigenvalue weighted by Crippen LogP contribution is 2.36. The van der Waals surface area contributed by atoms with Crippen molar-refractivity contribution in [1.29, 1.82) is 0 Å². The number of nitrogens with two attached hydrogens (primary N) is 1. The van der Waals surface area contributed by atoms with E-state index in [9.17, 15) is 9.59 Å². The third-order valence-corrected chi connectivity index (χ3v) is 6.81. The highest BCUT2D eigenvalue weighted by atomic mass is 32.1. The molecule has 3 aromatic heterocycles. The normalized spacial score (nSPS) is 10.8. The highest BCUT2D eigenvalue weighted by molar-refractivity contribution is 7.18. The van der Waals surface area contributed by atoms with Crippen LogP contribution in [0.3, 0.4) is 0 Å². The molecule has 184 valence electrons. The van der Waals surface area contributed by atoms with Crippen molar-refractivity contribution in [2.45, 2.75) is 13.5 Å². The van der Waals surface area contributed by atoms with E-state index in [1.807, 2.05) is 66.9 Å². The Morgan fingerprint density at radius 2 is 1.76 bits per heavy atom. The number of thiophene rings is 1. The Morgan fingerprint density at radius 1 is 0.946 bits per heavy atom. The largest absolute Gasteiger partial charge is 0.323 e. The number of nitrogens with zero attached hydrogens (tertiary/aromatic N) is 3. The first-order valence-electron chi connectivity index (χ1n) is 11.5. The number of pyridine rings is 2. The summed E-state index contributed by atoms with van der Waals surface area (Å²) in [6.07, 6.45) is 6.65. The zero-order valence-electron chi connectivity index (χ0n) is 20.0. The minimum atomic E-state index is -0.315. The van der Waals surface area contributed by atoms with Gasteiger partial charge in [-0.2, -0.15) is 0 Å². The van der Waals surface area contributed by atoms with Gasteiger partial charge in [0, 0.05) is 47.1 Å². The topological polar surface area (TPSA) is 113 Å². The Bertz CT molecular complexity index is 1570. The number of hydrazine groups is 1. The Morgan fingerprint density at radius 3 is 2.51 bits per heavy atom. The predicted molar refractivity (Wildman–Crippen MR) is 147 cm³/mol. The van der Waals surface area contributed by atoms with Gasteiger partial charge in [-0.05, 0) is 59.3 Å². The van der Waals surface area contributed by atoms with E-state index < -0.39 is 0 Å².